The van der Waals surface area contributed by atoms with Crippen molar-refractivity contribution in [3.05, 3.63) is 41.5 Å². The Morgan fingerprint density at radius 2 is 1.76 bits per heavy atom. The molecule has 1 aliphatic rings. The molecule has 0 spiro atoms. The van der Waals surface area contributed by atoms with E-state index in [9.17, 15) is 35.1 Å². The predicted molar refractivity (Wildman–Crippen MR) is 98.1 cm³/mol. The second-order valence-electron chi connectivity index (χ2n) is 6.76. The summed E-state index contributed by atoms with van der Waals surface area (Å²) in [6, 6.07) is 5.32. The number of rotatable bonds is 5. The number of ketones is 2. The summed E-state index contributed by atoms with van der Waals surface area (Å²) in [6.07, 6.45) is -0.729. The standard InChI is InChI=1S/C20H20O9/c1-3-28-20(11-4-5-13(23)14(24)6-11)19(27,9-10(2)21)18(26)17-15(25)7-12(22)8-16(17)29-20/h4-8,22-25,27H,3,9H2,1-2H3/t19-,20+/m1/s1. The maximum Gasteiger partial charge on any atom is 0.274 e. The predicted octanol–water partition coefficient (Wildman–Crippen LogP) is 1.68. The summed E-state index contributed by atoms with van der Waals surface area (Å²) < 4.78 is 11.5. The van der Waals surface area contributed by atoms with E-state index in [1.807, 2.05) is 0 Å². The van der Waals surface area contributed by atoms with E-state index in [4.69, 9.17) is 9.47 Å². The number of fused-ring (bicyclic) bond motifs is 1. The number of aromatic hydroxyl groups is 4. The quantitative estimate of drug-likeness (QED) is 0.468. The smallest absolute Gasteiger partial charge is 0.274 e. The van der Waals surface area contributed by atoms with Crippen molar-refractivity contribution in [2.75, 3.05) is 6.61 Å². The molecule has 2 aromatic rings. The van der Waals surface area contributed by atoms with Gasteiger partial charge in [0, 0.05) is 30.7 Å². The minimum Gasteiger partial charge on any atom is -0.508 e. The summed E-state index contributed by atoms with van der Waals surface area (Å²) in [5.41, 5.74) is -3.12. The lowest BCUT2D eigenvalue weighted by atomic mass is 9.75. The molecule has 0 fully saturated rings. The van der Waals surface area contributed by atoms with E-state index in [2.05, 4.69) is 0 Å². The van der Waals surface area contributed by atoms with Gasteiger partial charge in [-0.3, -0.25) is 9.59 Å². The average Bonchev–Trinajstić information content (AvgIpc) is 2.61. The van der Waals surface area contributed by atoms with Crippen LogP contribution in [-0.4, -0.2) is 49.3 Å². The molecule has 1 aliphatic heterocycles. The molecule has 5 N–H and O–H groups in total. The third-order valence-corrected chi connectivity index (χ3v) is 4.67. The lowest BCUT2D eigenvalue weighted by Crippen LogP contribution is -2.64. The number of carbonyl (C=O) groups excluding carboxylic acids is 2. The van der Waals surface area contributed by atoms with E-state index < -0.39 is 57.9 Å². The van der Waals surface area contributed by atoms with Gasteiger partial charge in [-0.1, -0.05) is 0 Å². The molecule has 0 bridgehead atoms. The number of hydrogen-bond donors (Lipinski definition) is 5. The summed E-state index contributed by atoms with van der Waals surface area (Å²) in [6.45, 7) is 2.62. The van der Waals surface area contributed by atoms with Crippen molar-refractivity contribution in [3.63, 3.8) is 0 Å². The molecule has 9 nitrogen and oxygen atoms in total. The van der Waals surface area contributed by atoms with Crippen LogP contribution in [-0.2, 0) is 15.3 Å². The van der Waals surface area contributed by atoms with Crippen LogP contribution in [0.25, 0.3) is 0 Å². The topological polar surface area (TPSA) is 154 Å². The lowest BCUT2D eigenvalue weighted by molar-refractivity contribution is -0.277. The van der Waals surface area contributed by atoms with Crippen LogP contribution in [0.4, 0.5) is 0 Å². The number of phenols is 4. The number of ether oxygens (including phenoxy) is 2. The molecule has 0 saturated carbocycles. The van der Waals surface area contributed by atoms with Gasteiger partial charge in [0.25, 0.3) is 5.79 Å². The van der Waals surface area contributed by atoms with Crippen LogP contribution in [0.2, 0.25) is 0 Å². The van der Waals surface area contributed by atoms with Gasteiger partial charge in [0.05, 0.1) is 0 Å². The Morgan fingerprint density at radius 3 is 2.34 bits per heavy atom. The summed E-state index contributed by atoms with van der Waals surface area (Å²) in [5.74, 6) is -6.34. The molecule has 0 unspecified atom stereocenters. The second kappa shape index (κ2) is 6.94. The van der Waals surface area contributed by atoms with Crippen LogP contribution < -0.4 is 4.74 Å². The van der Waals surface area contributed by atoms with Crippen molar-refractivity contribution in [1.82, 2.24) is 0 Å². The van der Waals surface area contributed by atoms with Crippen molar-refractivity contribution in [3.8, 4) is 28.7 Å². The molecule has 2 aromatic carbocycles. The first kappa shape index (κ1) is 20.4. The first-order chi connectivity index (χ1) is 13.6. The third kappa shape index (κ3) is 3.04. The van der Waals surface area contributed by atoms with Crippen molar-refractivity contribution in [2.45, 2.75) is 31.7 Å². The zero-order valence-corrected chi connectivity index (χ0v) is 15.7. The van der Waals surface area contributed by atoms with Gasteiger partial charge >= 0.3 is 0 Å². The molecule has 0 aromatic heterocycles. The molecule has 3 rings (SSSR count). The van der Waals surface area contributed by atoms with Gasteiger partial charge in [-0.15, -0.1) is 0 Å². The molecule has 29 heavy (non-hydrogen) atoms. The van der Waals surface area contributed by atoms with E-state index in [-0.39, 0.29) is 17.9 Å². The highest BCUT2D eigenvalue weighted by Gasteiger charge is 2.64. The Bertz CT molecular complexity index is 1000. The van der Waals surface area contributed by atoms with Gasteiger partial charge in [0.15, 0.2) is 11.5 Å². The molecule has 0 aliphatic carbocycles. The number of phenolic OH excluding ortho intramolecular Hbond substituents is 4. The third-order valence-electron chi connectivity index (χ3n) is 4.67. The number of hydrogen-bond acceptors (Lipinski definition) is 9. The fraction of sp³-hybridized carbons (Fsp3) is 0.300. The van der Waals surface area contributed by atoms with Gasteiger partial charge in [0.1, 0.15) is 28.6 Å². The number of carbonyl (C=O) groups is 2. The largest absolute Gasteiger partial charge is 0.508 e. The normalized spacial score (nSPS) is 23.3. The Kier molecular flexibility index (Phi) is 4.89. The van der Waals surface area contributed by atoms with Crippen LogP contribution in [0.1, 0.15) is 36.2 Å². The number of Topliss-reactive ketones (excluding diaryl/α,β-unsaturated/α-hetero) is 2. The SMILES string of the molecule is CCO[C@@]1(c2ccc(O)c(O)c2)Oc2cc(O)cc(O)c2C(=O)[C@]1(O)CC(C)=O. The molecule has 0 radical (unpaired) electrons. The van der Waals surface area contributed by atoms with Crippen molar-refractivity contribution in [2.24, 2.45) is 0 Å². The summed E-state index contributed by atoms with van der Waals surface area (Å²) in [7, 11) is 0. The highest BCUT2D eigenvalue weighted by Crippen LogP contribution is 2.52. The fourth-order valence-corrected chi connectivity index (χ4v) is 3.51. The number of benzene rings is 2. The molecular weight excluding hydrogens is 384 g/mol. The van der Waals surface area contributed by atoms with Crippen molar-refractivity contribution < 1.29 is 44.6 Å². The summed E-state index contributed by atoms with van der Waals surface area (Å²) in [4.78, 5) is 25.2. The first-order valence-corrected chi connectivity index (χ1v) is 8.73. The zero-order chi connectivity index (χ0) is 21.6. The lowest BCUT2D eigenvalue weighted by Gasteiger charge is -2.48. The van der Waals surface area contributed by atoms with Crippen LogP contribution in [0.3, 0.4) is 0 Å². The average molecular weight is 404 g/mol. The van der Waals surface area contributed by atoms with E-state index in [0.717, 1.165) is 31.2 Å². The molecule has 0 saturated heterocycles. The monoisotopic (exact) mass is 404 g/mol. The molecule has 0 amide bonds. The van der Waals surface area contributed by atoms with Gasteiger partial charge < -0.3 is 35.0 Å². The van der Waals surface area contributed by atoms with Gasteiger partial charge in [-0.05, 0) is 32.0 Å². The van der Waals surface area contributed by atoms with Gasteiger partial charge in [-0.25, -0.2) is 0 Å². The zero-order valence-electron chi connectivity index (χ0n) is 15.7. The van der Waals surface area contributed by atoms with E-state index >= 15 is 0 Å². The molecule has 1 heterocycles. The minimum atomic E-state index is -2.63. The van der Waals surface area contributed by atoms with E-state index in [1.54, 1.807) is 6.92 Å². The van der Waals surface area contributed by atoms with E-state index in [0.29, 0.717) is 0 Å². The highest BCUT2D eigenvalue weighted by atomic mass is 16.7. The Morgan fingerprint density at radius 1 is 1.07 bits per heavy atom. The van der Waals surface area contributed by atoms with E-state index in [1.165, 1.54) is 6.07 Å². The highest BCUT2D eigenvalue weighted by molar-refractivity contribution is 6.10. The van der Waals surface area contributed by atoms with Gasteiger partial charge in [-0.2, -0.15) is 0 Å². The second-order valence-corrected chi connectivity index (χ2v) is 6.76. The molecular formula is C20H20O9. The number of aliphatic hydroxyl groups is 1. The minimum absolute atomic E-state index is 0.0692. The van der Waals surface area contributed by atoms with Gasteiger partial charge in [0.2, 0.25) is 11.4 Å². The maximum absolute atomic E-state index is 13.3. The van der Waals surface area contributed by atoms with Crippen LogP contribution in [0.5, 0.6) is 28.7 Å². The fourth-order valence-electron chi connectivity index (χ4n) is 3.51. The van der Waals surface area contributed by atoms with Crippen molar-refractivity contribution >= 4 is 11.6 Å². The Labute approximate surface area is 165 Å². The van der Waals surface area contributed by atoms with Crippen molar-refractivity contribution in [1.29, 1.82) is 0 Å². The summed E-state index contributed by atoms with van der Waals surface area (Å²) >= 11 is 0. The van der Waals surface area contributed by atoms with Crippen LogP contribution in [0.15, 0.2) is 30.3 Å². The molecule has 9 heteroatoms. The Balaban J connectivity index is 2.37. The van der Waals surface area contributed by atoms with Crippen LogP contribution >= 0.6 is 0 Å². The summed E-state index contributed by atoms with van der Waals surface area (Å²) in [5, 5.41) is 51.0. The first-order valence-electron chi connectivity index (χ1n) is 8.73. The Hall–Kier alpha value is -3.30. The van der Waals surface area contributed by atoms with Crippen LogP contribution in [0, 0.1) is 0 Å². The maximum atomic E-state index is 13.3. The molecule has 154 valence electrons. The molecule has 2 atom stereocenters.